The normalized spacial score (nSPS) is 14.9. The van der Waals surface area contributed by atoms with Crippen LogP contribution in [0.1, 0.15) is 102 Å². The fourth-order valence-corrected chi connectivity index (χ4v) is 4.84. The van der Waals surface area contributed by atoms with Gasteiger partial charge in [-0.15, -0.1) is 0 Å². The van der Waals surface area contributed by atoms with Gasteiger partial charge in [-0.3, -0.25) is 0 Å². The van der Waals surface area contributed by atoms with Crippen molar-refractivity contribution in [3.8, 4) is 0 Å². The second kappa shape index (κ2) is 9.42. The summed E-state index contributed by atoms with van der Waals surface area (Å²) in [7, 11) is 0. The maximum absolute atomic E-state index is 4.40. The van der Waals surface area contributed by atoms with E-state index in [9.17, 15) is 0 Å². The van der Waals surface area contributed by atoms with E-state index in [0.717, 1.165) is 12.8 Å². The number of allylic oxidation sites excluding steroid dienone is 3. The quantitative estimate of drug-likeness (QED) is 0.427. The Bertz CT molecular complexity index is 981. The smallest absolute Gasteiger partial charge is 0.00138 e. The van der Waals surface area contributed by atoms with Gasteiger partial charge in [-0.1, -0.05) is 109 Å². The molecule has 0 amide bonds. The van der Waals surface area contributed by atoms with Crippen LogP contribution in [-0.2, 0) is 5.41 Å². The molecule has 0 aliphatic rings. The highest BCUT2D eigenvalue weighted by Crippen LogP contribution is 2.48. The first-order chi connectivity index (χ1) is 14.6. The SMILES string of the molecule is C=C(CC(C)(C)C)c1ccc(/C(=C/C)CC(C)(c2cc(C)cc(C)c2)C(C)(C)C)cc1C. The van der Waals surface area contributed by atoms with Gasteiger partial charge in [0.1, 0.15) is 0 Å². The Kier molecular flexibility index (Phi) is 7.71. The predicted octanol–water partition coefficient (Wildman–Crippen LogP) is 9.86. The number of aryl methyl sites for hydroxylation is 3. The number of hydrogen-bond donors (Lipinski definition) is 0. The van der Waals surface area contributed by atoms with Gasteiger partial charge in [-0.05, 0) is 84.8 Å². The van der Waals surface area contributed by atoms with E-state index in [2.05, 4.69) is 125 Å². The molecule has 0 aliphatic heterocycles. The van der Waals surface area contributed by atoms with Gasteiger partial charge in [0.2, 0.25) is 0 Å². The summed E-state index contributed by atoms with van der Waals surface area (Å²) in [6, 6.07) is 14.0. The van der Waals surface area contributed by atoms with E-state index >= 15 is 0 Å². The maximum Gasteiger partial charge on any atom is 0.00138 e. The van der Waals surface area contributed by atoms with Gasteiger partial charge in [0.15, 0.2) is 0 Å². The molecule has 0 nitrogen and oxygen atoms in total. The zero-order valence-electron chi connectivity index (χ0n) is 22.7. The standard InChI is InChI=1S/C32H46/c1-13-26(27-14-15-29(24(4)19-27)25(5)20-30(6,7)8)21-32(12,31(9,10)11)28-17-22(2)16-23(3)18-28/h13-19H,5,20-21H2,1-4,6-12H3/b26-13+. The number of benzene rings is 2. The lowest BCUT2D eigenvalue weighted by atomic mass is 9.60. The van der Waals surface area contributed by atoms with E-state index in [-0.39, 0.29) is 16.2 Å². The highest BCUT2D eigenvalue weighted by Gasteiger charge is 2.40. The molecule has 0 heterocycles. The predicted molar refractivity (Wildman–Crippen MR) is 145 cm³/mol. The minimum atomic E-state index is 0.0219. The molecule has 2 rings (SSSR count). The minimum absolute atomic E-state index is 0.0219. The summed E-state index contributed by atoms with van der Waals surface area (Å²) < 4.78 is 0. The molecule has 0 spiro atoms. The molecular weight excluding hydrogens is 384 g/mol. The summed E-state index contributed by atoms with van der Waals surface area (Å²) in [4.78, 5) is 0. The molecule has 0 saturated carbocycles. The molecule has 0 heteroatoms. The van der Waals surface area contributed by atoms with Crippen molar-refractivity contribution in [3.63, 3.8) is 0 Å². The van der Waals surface area contributed by atoms with E-state index in [1.54, 1.807) is 0 Å². The van der Waals surface area contributed by atoms with Crippen molar-refractivity contribution in [2.45, 2.75) is 94.4 Å². The van der Waals surface area contributed by atoms with Gasteiger partial charge in [0.05, 0.1) is 0 Å². The van der Waals surface area contributed by atoms with Crippen molar-refractivity contribution in [1.29, 1.82) is 0 Å². The lowest BCUT2D eigenvalue weighted by Gasteiger charge is -2.44. The van der Waals surface area contributed by atoms with Crippen molar-refractivity contribution < 1.29 is 0 Å². The van der Waals surface area contributed by atoms with Crippen LogP contribution >= 0.6 is 0 Å². The largest absolute Gasteiger partial charge is 0.0952 e. The molecule has 174 valence electrons. The Balaban J connectivity index is 2.47. The van der Waals surface area contributed by atoms with Gasteiger partial charge in [-0.2, -0.15) is 0 Å². The molecule has 32 heavy (non-hydrogen) atoms. The van der Waals surface area contributed by atoms with Crippen LogP contribution in [0, 0.1) is 31.6 Å². The summed E-state index contributed by atoms with van der Waals surface area (Å²) >= 11 is 0. The summed E-state index contributed by atoms with van der Waals surface area (Å²) in [5, 5.41) is 0. The highest BCUT2D eigenvalue weighted by molar-refractivity contribution is 5.73. The Morgan fingerprint density at radius 1 is 0.812 bits per heavy atom. The van der Waals surface area contributed by atoms with Crippen molar-refractivity contribution in [2.24, 2.45) is 10.8 Å². The van der Waals surface area contributed by atoms with Crippen molar-refractivity contribution in [2.75, 3.05) is 0 Å². The van der Waals surface area contributed by atoms with Crippen LogP contribution in [0.15, 0.2) is 49.1 Å². The molecule has 1 atom stereocenters. The lowest BCUT2D eigenvalue weighted by Crippen LogP contribution is -2.37. The van der Waals surface area contributed by atoms with Gasteiger partial charge in [0, 0.05) is 5.41 Å². The lowest BCUT2D eigenvalue weighted by molar-refractivity contribution is 0.208. The van der Waals surface area contributed by atoms with E-state index in [1.165, 1.54) is 44.5 Å². The summed E-state index contributed by atoms with van der Waals surface area (Å²) in [5.74, 6) is 0. The van der Waals surface area contributed by atoms with E-state index in [4.69, 9.17) is 0 Å². The topological polar surface area (TPSA) is 0 Å². The van der Waals surface area contributed by atoms with Gasteiger partial charge < -0.3 is 0 Å². The average Bonchev–Trinajstić information content (AvgIpc) is 2.62. The van der Waals surface area contributed by atoms with Crippen LogP contribution in [0.3, 0.4) is 0 Å². The second-order valence-corrected chi connectivity index (χ2v) is 12.3. The molecule has 0 bridgehead atoms. The molecule has 0 saturated heterocycles. The fourth-order valence-electron chi connectivity index (χ4n) is 4.84. The molecule has 0 fully saturated rings. The molecule has 0 N–H and O–H groups in total. The number of hydrogen-bond acceptors (Lipinski definition) is 0. The average molecular weight is 431 g/mol. The summed E-state index contributed by atoms with van der Waals surface area (Å²) in [6.07, 6.45) is 4.33. The Labute approximate surface area is 198 Å². The monoisotopic (exact) mass is 430 g/mol. The Morgan fingerprint density at radius 3 is 1.81 bits per heavy atom. The van der Waals surface area contributed by atoms with Gasteiger partial charge >= 0.3 is 0 Å². The van der Waals surface area contributed by atoms with Crippen LogP contribution in [0.5, 0.6) is 0 Å². The third-order valence-corrected chi connectivity index (χ3v) is 7.13. The zero-order valence-corrected chi connectivity index (χ0v) is 22.7. The minimum Gasteiger partial charge on any atom is -0.0952 e. The van der Waals surface area contributed by atoms with Crippen LogP contribution < -0.4 is 0 Å². The molecule has 0 aliphatic carbocycles. The van der Waals surface area contributed by atoms with Crippen molar-refractivity contribution in [3.05, 3.63) is 82.4 Å². The molecular formula is C32H46. The van der Waals surface area contributed by atoms with Crippen molar-refractivity contribution in [1.82, 2.24) is 0 Å². The van der Waals surface area contributed by atoms with Gasteiger partial charge in [0.25, 0.3) is 0 Å². The van der Waals surface area contributed by atoms with Crippen LogP contribution in [0.25, 0.3) is 11.1 Å². The van der Waals surface area contributed by atoms with Crippen molar-refractivity contribution >= 4 is 11.1 Å². The zero-order chi connectivity index (χ0) is 24.5. The molecule has 2 aromatic rings. The Hall–Kier alpha value is -2.08. The number of rotatable bonds is 6. The summed E-state index contributed by atoms with van der Waals surface area (Å²) in [6.45, 7) is 29.6. The molecule has 2 aromatic carbocycles. The summed E-state index contributed by atoms with van der Waals surface area (Å²) in [5.41, 5.74) is 11.1. The first kappa shape index (κ1) is 26.2. The van der Waals surface area contributed by atoms with Crippen LogP contribution in [0.4, 0.5) is 0 Å². The van der Waals surface area contributed by atoms with E-state index in [0.29, 0.717) is 0 Å². The van der Waals surface area contributed by atoms with Crippen LogP contribution in [-0.4, -0.2) is 0 Å². The van der Waals surface area contributed by atoms with E-state index < -0.39 is 0 Å². The maximum atomic E-state index is 4.40. The molecule has 0 radical (unpaired) electrons. The first-order valence-electron chi connectivity index (χ1n) is 12.1. The first-order valence-corrected chi connectivity index (χ1v) is 12.1. The van der Waals surface area contributed by atoms with E-state index in [1.807, 2.05) is 0 Å². The third-order valence-electron chi connectivity index (χ3n) is 7.13. The fraction of sp³-hybridized carbons (Fsp3) is 0.500. The third kappa shape index (κ3) is 6.03. The van der Waals surface area contributed by atoms with Crippen LogP contribution in [0.2, 0.25) is 0 Å². The molecule has 1 unspecified atom stereocenters. The highest BCUT2D eigenvalue weighted by atomic mass is 14.4. The second-order valence-electron chi connectivity index (χ2n) is 12.3. The molecule has 0 aromatic heterocycles. The Morgan fingerprint density at radius 2 is 1.38 bits per heavy atom. The van der Waals surface area contributed by atoms with Gasteiger partial charge in [-0.25, -0.2) is 0 Å².